The smallest absolute Gasteiger partial charge is 0.257 e. The zero-order valence-electron chi connectivity index (χ0n) is 14.0. The van der Waals surface area contributed by atoms with Crippen molar-refractivity contribution in [1.29, 1.82) is 0 Å². The Morgan fingerprint density at radius 1 is 1.24 bits per heavy atom. The Hall–Kier alpha value is -3.00. The Balaban J connectivity index is 1.87. The molecule has 0 bridgehead atoms. The fourth-order valence-electron chi connectivity index (χ4n) is 2.84. The van der Waals surface area contributed by atoms with E-state index in [0.717, 1.165) is 21.7 Å². The van der Waals surface area contributed by atoms with E-state index in [1.54, 1.807) is 40.0 Å². The molecule has 0 aliphatic heterocycles. The molecule has 0 aromatic carbocycles. The van der Waals surface area contributed by atoms with Crippen LogP contribution in [0.2, 0.25) is 0 Å². The molecule has 0 saturated carbocycles. The monoisotopic (exact) mass is 352 g/mol. The normalized spacial score (nSPS) is 11.2. The zero-order chi connectivity index (χ0) is 17.6. The minimum absolute atomic E-state index is 0.222. The maximum atomic E-state index is 12.9. The number of pyridine rings is 1. The summed E-state index contributed by atoms with van der Waals surface area (Å²) in [5, 5.41) is 14.2. The van der Waals surface area contributed by atoms with E-state index in [4.69, 9.17) is 4.98 Å². The molecule has 7 nitrogen and oxygen atoms in total. The molecule has 4 aromatic heterocycles. The zero-order valence-corrected chi connectivity index (χ0v) is 14.8. The van der Waals surface area contributed by atoms with Gasteiger partial charge in [-0.3, -0.25) is 14.2 Å². The van der Waals surface area contributed by atoms with Crippen LogP contribution in [0.25, 0.3) is 21.6 Å². The molecule has 4 heterocycles. The number of amides is 1. The topological polar surface area (TPSA) is 77.6 Å². The highest BCUT2D eigenvalue weighted by Crippen LogP contribution is 2.29. The lowest BCUT2D eigenvalue weighted by Gasteiger charge is -2.07. The number of rotatable bonds is 3. The number of anilines is 1. The van der Waals surface area contributed by atoms with Crippen LogP contribution < -0.4 is 5.32 Å². The standard InChI is InChI=1S/C17H16N6OS/c1-10-15-11(17(24)19-14-6-7-22(2)21-14)9-12(13-5-4-8-25-13)18-16(15)23(3)20-10/h4-9H,1-3H3,(H,19,21,24). The molecule has 8 heteroatoms. The lowest BCUT2D eigenvalue weighted by molar-refractivity contribution is 0.102. The Kier molecular flexibility index (Phi) is 3.61. The van der Waals surface area contributed by atoms with E-state index in [1.807, 2.05) is 37.6 Å². The highest BCUT2D eigenvalue weighted by molar-refractivity contribution is 7.13. The van der Waals surface area contributed by atoms with E-state index < -0.39 is 0 Å². The Morgan fingerprint density at radius 2 is 2.08 bits per heavy atom. The molecule has 0 saturated heterocycles. The van der Waals surface area contributed by atoms with Gasteiger partial charge >= 0.3 is 0 Å². The van der Waals surface area contributed by atoms with E-state index in [-0.39, 0.29) is 5.91 Å². The molecule has 0 aliphatic carbocycles. The molecule has 4 aromatic rings. The number of hydrogen-bond donors (Lipinski definition) is 1. The minimum atomic E-state index is -0.222. The van der Waals surface area contributed by atoms with Crippen molar-refractivity contribution in [3.63, 3.8) is 0 Å². The predicted molar refractivity (Wildman–Crippen MR) is 97.7 cm³/mol. The second-order valence-corrected chi connectivity index (χ2v) is 6.72. The lowest BCUT2D eigenvalue weighted by Crippen LogP contribution is -2.14. The van der Waals surface area contributed by atoms with Gasteiger partial charge in [0.2, 0.25) is 0 Å². The Morgan fingerprint density at radius 3 is 2.76 bits per heavy atom. The fourth-order valence-corrected chi connectivity index (χ4v) is 3.53. The van der Waals surface area contributed by atoms with Gasteiger partial charge in [-0.05, 0) is 24.4 Å². The number of thiophene rings is 1. The van der Waals surface area contributed by atoms with Crippen molar-refractivity contribution < 1.29 is 4.79 Å². The molecule has 1 amide bonds. The average Bonchev–Trinajstić information content (AvgIpc) is 3.30. The van der Waals surface area contributed by atoms with Crippen LogP contribution in [0, 0.1) is 6.92 Å². The summed E-state index contributed by atoms with van der Waals surface area (Å²) >= 11 is 1.59. The maximum absolute atomic E-state index is 12.9. The van der Waals surface area contributed by atoms with Crippen molar-refractivity contribution >= 4 is 34.1 Å². The summed E-state index contributed by atoms with van der Waals surface area (Å²) in [6.07, 6.45) is 1.78. The van der Waals surface area contributed by atoms with Gasteiger partial charge in [0.05, 0.1) is 27.2 Å². The third-order valence-electron chi connectivity index (χ3n) is 3.94. The molecule has 0 atom stereocenters. The first-order chi connectivity index (χ1) is 12.0. The van der Waals surface area contributed by atoms with E-state index in [0.29, 0.717) is 17.0 Å². The summed E-state index contributed by atoms with van der Waals surface area (Å²) in [6.45, 7) is 1.88. The van der Waals surface area contributed by atoms with Crippen molar-refractivity contribution in [2.45, 2.75) is 6.92 Å². The van der Waals surface area contributed by atoms with Crippen LogP contribution in [-0.4, -0.2) is 30.5 Å². The molecule has 126 valence electrons. The van der Waals surface area contributed by atoms with Crippen LogP contribution >= 0.6 is 11.3 Å². The number of fused-ring (bicyclic) bond motifs is 1. The molecule has 0 unspecified atom stereocenters. The van der Waals surface area contributed by atoms with Gasteiger partial charge in [0.15, 0.2) is 11.5 Å². The Labute approximate surface area is 147 Å². The van der Waals surface area contributed by atoms with Crippen molar-refractivity contribution in [3.05, 3.63) is 47.1 Å². The van der Waals surface area contributed by atoms with Crippen molar-refractivity contribution in [2.75, 3.05) is 5.32 Å². The van der Waals surface area contributed by atoms with Crippen molar-refractivity contribution in [1.82, 2.24) is 24.5 Å². The van der Waals surface area contributed by atoms with Crippen molar-refractivity contribution in [3.8, 4) is 10.6 Å². The highest BCUT2D eigenvalue weighted by Gasteiger charge is 2.20. The first-order valence-corrected chi connectivity index (χ1v) is 8.60. The SMILES string of the molecule is Cc1nn(C)c2nc(-c3cccs3)cc(C(=O)Nc3ccn(C)n3)c12. The van der Waals surface area contributed by atoms with Gasteiger partial charge in [-0.1, -0.05) is 6.07 Å². The van der Waals surface area contributed by atoms with Gasteiger partial charge in [0, 0.05) is 26.4 Å². The van der Waals surface area contributed by atoms with Crippen molar-refractivity contribution in [2.24, 2.45) is 14.1 Å². The number of nitrogens with zero attached hydrogens (tertiary/aromatic N) is 5. The number of hydrogen-bond acceptors (Lipinski definition) is 5. The van der Waals surface area contributed by atoms with E-state index >= 15 is 0 Å². The third-order valence-corrected chi connectivity index (χ3v) is 4.83. The van der Waals surface area contributed by atoms with Crippen LogP contribution in [0.15, 0.2) is 35.8 Å². The largest absolute Gasteiger partial charge is 0.305 e. The van der Waals surface area contributed by atoms with Crippen LogP contribution in [0.3, 0.4) is 0 Å². The summed E-state index contributed by atoms with van der Waals surface area (Å²) < 4.78 is 3.35. The number of carbonyl (C=O) groups is 1. The second-order valence-electron chi connectivity index (χ2n) is 5.77. The van der Waals surface area contributed by atoms with E-state index in [9.17, 15) is 4.79 Å². The molecular formula is C17H16N6OS. The number of nitrogens with one attached hydrogen (secondary N) is 1. The first-order valence-electron chi connectivity index (χ1n) is 7.72. The fraction of sp³-hybridized carbons (Fsp3) is 0.176. The van der Waals surface area contributed by atoms with Gasteiger partial charge in [0.1, 0.15) is 0 Å². The summed E-state index contributed by atoms with van der Waals surface area (Å²) in [5.74, 6) is 0.289. The van der Waals surface area contributed by atoms with E-state index in [1.165, 1.54) is 0 Å². The third kappa shape index (κ3) is 2.70. The molecule has 4 rings (SSSR count). The number of aryl methyl sites for hydroxylation is 3. The summed E-state index contributed by atoms with van der Waals surface area (Å²) in [5.41, 5.74) is 2.77. The van der Waals surface area contributed by atoms with Crippen LogP contribution in [0.5, 0.6) is 0 Å². The highest BCUT2D eigenvalue weighted by atomic mass is 32.1. The number of carbonyl (C=O) groups excluding carboxylic acids is 1. The molecule has 0 radical (unpaired) electrons. The van der Waals surface area contributed by atoms with Gasteiger partial charge in [-0.2, -0.15) is 10.2 Å². The van der Waals surface area contributed by atoms with Gasteiger partial charge < -0.3 is 5.32 Å². The summed E-state index contributed by atoms with van der Waals surface area (Å²) in [7, 11) is 3.64. The Bertz CT molecular complexity index is 1080. The molecular weight excluding hydrogens is 336 g/mol. The van der Waals surface area contributed by atoms with Crippen LogP contribution in [0.1, 0.15) is 16.1 Å². The second kappa shape index (κ2) is 5.82. The molecule has 0 aliphatic rings. The summed E-state index contributed by atoms with van der Waals surface area (Å²) in [4.78, 5) is 18.6. The van der Waals surface area contributed by atoms with Gasteiger partial charge in [-0.15, -0.1) is 11.3 Å². The summed E-state index contributed by atoms with van der Waals surface area (Å²) in [6, 6.07) is 7.53. The van der Waals surface area contributed by atoms with E-state index in [2.05, 4.69) is 15.5 Å². The molecule has 0 spiro atoms. The first kappa shape index (κ1) is 15.5. The average molecular weight is 352 g/mol. The molecule has 25 heavy (non-hydrogen) atoms. The predicted octanol–water partition coefficient (Wildman–Crippen LogP) is 2.99. The molecule has 0 fully saturated rings. The lowest BCUT2D eigenvalue weighted by atomic mass is 10.1. The quantitative estimate of drug-likeness (QED) is 0.615. The minimum Gasteiger partial charge on any atom is -0.305 e. The van der Waals surface area contributed by atoms with Gasteiger partial charge in [-0.25, -0.2) is 4.98 Å². The van der Waals surface area contributed by atoms with Crippen LogP contribution in [0.4, 0.5) is 5.82 Å². The number of aromatic nitrogens is 5. The molecule has 1 N–H and O–H groups in total. The van der Waals surface area contributed by atoms with Crippen LogP contribution in [-0.2, 0) is 14.1 Å². The van der Waals surface area contributed by atoms with Gasteiger partial charge in [0.25, 0.3) is 5.91 Å². The maximum Gasteiger partial charge on any atom is 0.257 e.